The van der Waals surface area contributed by atoms with Gasteiger partial charge < -0.3 is 19.7 Å². The second kappa shape index (κ2) is 9.05. The van der Waals surface area contributed by atoms with Crippen LogP contribution in [0.15, 0.2) is 18.2 Å². The van der Waals surface area contributed by atoms with Crippen LogP contribution in [0, 0.1) is 0 Å². The molecule has 142 valence electrons. The monoisotopic (exact) mass is 382 g/mol. The highest BCUT2D eigenvalue weighted by Crippen LogP contribution is 2.38. The molecule has 0 saturated heterocycles. The standard InChI is InChI=1S/C19H23ClO6/c1-11-7-8-12(21)5-3-4-6-13(22)9-14-17(19(24)26-11)16(25-2)10-15(23)18(14)20/h4,6,10-12,21,23H,3,5,7-9H2,1-2H3/b6-4+/t11-,12-/m0/s1. The fraction of sp³-hybridized carbons (Fsp3) is 0.474. The van der Waals surface area contributed by atoms with Crippen molar-refractivity contribution in [2.24, 2.45) is 0 Å². The number of cyclic esters (lactones) is 1. The van der Waals surface area contributed by atoms with Crippen LogP contribution < -0.4 is 4.74 Å². The van der Waals surface area contributed by atoms with E-state index in [2.05, 4.69) is 0 Å². The number of halogens is 1. The molecular formula is C19H23ClO6. The smallest absolute Gasteiger partial charge is 0.342 e. The highest BCUT2D eigenvalue weighted by Gasteiger charge is 2.26. The van der Waals surface area contributed by atoms with Gasteiger partial charge in [0.1, 0.15) is 17.1 Å². The molecule has 1 aliphatic rings. The van der Waals surface area contributed by atoms with Crippen LogP contribution in [0.1, 0.15) is 48.5 Å². The Hall–Kier alpha value is -2.05. The Morgan fingerprint density at radius 2 is 2.00 bits per heavy atom. The third-order valence-electron chi connectivity index (χ3n) is 4.27. The van der Waals surface area contributed by atoms with Crippen molar-refractivity contribution in [1.82, 2.24) is 0 Å². The number of allylic oxidation sites excluding steroid dienone is 2. The molecule has 26 heavy (non-hydrogen) atoms. The number of aromatic hydroxyl groups is 1. The Labute approximate surface area is 157 Å². The first kappa shape index (κ1) is 20.3. The average molecular weight is 383 g/mol. The average Bonchev–Trinajstić information content (AvgIpc) is 2.59. The van der Waals surface area contributed by atoms with Crippen molar-refractivity contribution >= 4 is 23.4 Å². The number of ketones is 1. The highest BCUT2D eigenvalue weighted by molar-refractivity contribution is 6.33. The fourth-order valence-electron chi connectivity index (χ4n) is 2.83. The molecule has 2 rings (SSSR count). The van der Waals surface area contributed by atoms with Crippen molar-refractivity contribution in [1.29, 1.82) is 0 Å². The number of phenols is 1. The molecule has 2 N–H and O–H groups in total. The van der Waals surface area contributed by atoms with Gasteiger partial charge in [0.25, 0.3) is 0 Å². The topological polar surface area (TPSA) is 93.1 Å². The van der Waals surface area contributed by atoms with Gasteiger partial charge >= 0.3 is 5.97 Å². The number of ether oxygens (including phenoxy) is 2. The molecule has 1 aromatic carbocycles. The van der Waals surface area contributed by atoms with Gasteiger partial charge in [0.05, 0.1) is 24.3 Å². The Bertz CT molecular complexity index is 712. The molecule has 0 amide bonds. The zero-order valence-corrected chi connectivity index (χ0v) is 15.6. The van der Waals surface area contributed by atoms with E-state index in [1.807, 2.05) is 0 Å². The van der Waals surface area contributed by atoms with Crippen molar-refractivity contribution in [3.63, 3.8) is 0 Å². The van der Waals surface area contributed by atoms with E-state index in [0.717, 1.165) is 0 Å². The molecule has 1 aromatic rings. The van der Waals surface area contributed by atoms with E-state index < -0.39 is 18.2 Å². The zero-order chi connectivity index (χ0) is 19.3. The van der Waals surface area contributed by atoms with Crippen LogP contribution in [0.4, 0.5) is 0 Å². The van der Waals surface area contributed by atoms with Crippen LogP contribution in [-0.4, -0.2) is 41.3 Å². The van der Waals surface area contributed by atoms with Gasteiger partial charge in [0, 0.05) is 18.1 Å². The summed E-state index contributed by atoms with van der Waals surface area (Å²) >= 11 is 6.15. The summed E-state index contributed by atoms with van der Waals surface area (Å²) in [5.74, 6) is -1.16. The summed E-state index contributed by atoms with van der Waals surface area (Å²) in [5, 5.41) is 19.9. The van der Waals surface area contributed by atoms with Crippen LogP contribution in [0.5, 0.6) is 11.5 Å². The summed E-state index contributed by atoms with van der Waals surface area (Å²) in [4.78, 5) is 24.9. The lowest BCUT2D eigenvalue weighted by molar-refractivity contribution is -0.114. The van der Waals surface area contributed by atoms with Crippen molar-refractivity contribution in [3.8, 4) is 11.5 Å². The number of fused-ring (bicyclic) bond motifs is 1. The van der Waals surface area contributed by atoms with Gasteiger partial charge in [-0.05, 0) is 38.7 Å². The first-order valence-corrected chi connectivity index (χ1v) is 8.88. The van der Waals surface area contributed by atoms with Gasteiger partial charge in [-0.2, -0.15) is 0 Å². The van der Waals surface area contributed by atoms with Gasteiger partial charge in [-0.1, -0.05) is 17.7 Å². The summed E-state index contributed by atoms with van der Waals surface area (Å²) in [6, 6.07) is 1.22. The van der Waals surface area contributed by atoms with E-state index in [4.69, 9.17) is 21.1 Å². The lowest BCUT2D eigenvalue weighted by Gasteiger charge is -2.19. The van der Waals surface area contributed by atoms with Crippen molar-refractivity contribution in [2.75, 3.05) is 7.11 Å². The molecule has 1 aliphatic heterocycles. The van der Waals surface area contributed by atoms with E-state index >= 15 is 0 Å². The third kappa shape index (κ3) is 4.99. The molecule has 1 heterocycles. The van der Waals surface area contributed by atoms with Crippen LogP contribution >= 0.6 is 11.6 Å². The predicted octanol–water partition coefficient (Wildman–Crippen LogP) is 3.20. The minimum absolute atomic E-state index is 0.0292. The molecule has 2 atom stereocenters. The van der Waals surface area contributed by atoms with Crippen molar-refractivity contribution < 1.29 is 29.3 Å². The number of aliphatic hydroxyl groups is 1. The molecule has 0 fully saturated rings. The molecule has 0 unspecified atom stereocenters. The Balaban J connectivity index is 2.49. The highest BCUT2D eigenvalue weighted by atomic mass is 35.5. The summed E-state index contributed by atoms with van der Waals surface area (Å²) < 4.78 is 10.6. The number of aliphatic hydroxyl groups excluding tert-OH is 1. The van der Waals surface area contributed by atoms with Gasteiger partial charge in [-0.3, -0.25) is 4.79 Å². The SMILES string of the molecule is COc1cc(O)c(Cl)c2c1C(=O)O[C@@H](C)CC[C@@H](O)CC/C=C/C(=O)C2. The van der Waals surface area contributed by atoms with Crippen LogP contribution in [0.3, 0.4) is 0 Å². The number of carbonyl (C=O) groups excluding carboxylic acids is 2. The number of hydrogen-bond acceptors (Lipinski definition) is 6. The minimum atomic E-state index is -0.686. The lowest BCUT2D eigenvalue weighted by atomic mass is 9.99. The third-order valence-corrected chi connectivity index (χ3v) is 4.69. The molecule has 0 aliphatic carbocycles. The maximum Gasteiger partial charge on any atom is 0.342 e. The molecule has 6 nitrogen and oxygen atoms in total. The van der Waals surface area contributed by atoms with Crippen molar-refractivity contribution in [2.45, 2.75) is 51.2 Å². The largest absolute Gasteiger partial charge is 0.506 e. The first-order chi connectivity index (χ1) is 12.3. The Morgan fingerprint density at radius 1 is 1.27 bits per heavy atom. The second-order valence-corrected chi connectivity index (χ2v) is 6.71. The maximum atomic E-state index is 12.7. The number of rotatable bonds is 1. The summed E-state index contributed by atoms with van der Waals surface area (Å²) in [6.45, 7) is 1.73. The molecule has 0 bridgehead atoms. The molecule has 0 aromatic heterocycles. The van der Waals surface area contributed by atoms with Crippen molar-refractivity contribution in [3.05, 3.63) is 34.4 Å². The summed E-state index contributed by atoms with van der Waals surface area (Å²) in [5.41, 5.74) is 0.203. The molecule has 7 heteroatoms. The van der Waals surface area contributed by atoms with Crippen LogP contribution in [-0.2, 0) is 16.0 Å². The Morgan fingerprint density at radius 3 is 2.69 bits per heavy atom. The van der Waals surface area contributed by atoms with Gasteiger partial charge in [-0.15, -0.1) is 0 Å². The number of esters is 1. The van der Waals surface area contributed by atoms with E-state index in [1.165, 1.54) is 19.3 Å². The first-order valence-electron chi connectivity index (χ1n) is 8.50. The molecule has 0 saturated carbocycles. The second-order valence-electron chi connectivity index (χ2n) is 6.34. The number of methoxy groups -OCH3 is 1. The van der Waals surface area contributed by atoms with Crippen LogP contribution in [0.25, 0.3) is 0 Å². The van der Waals surface area contributed by atoms with E-state index in [-0.39, 0.29) is 39.9 Å². The van der Waals surface area contributed by atoms with Crippen LogP contribution in [0.2, 0.25) is 5.02 Å². The number of hydrogen-bond donors (Lipinski definition) is 2. The fourth-order valence-corrected chi connectivity index (χ4v) is 3.05. The van der Waals surface area contributed by atoms with E-state index in [9.17, 15) is 19.8 Å². The molecule has 0 radical (unpaired) electrons. The van der Waals surface area contributed by atoms with E-state index in [0.29, 0.717) is 25.7 Å². The summed E-state index contributed by atoms with van der Waals surface area (Å²) in [7, 11) is 1.35. The number of carbonyl (C=O) groups is 2. The van der Waals surface area contributed by atoms with E-state index in [1.54, 1.807) is 13.0 Å². The molecular weight excluding hydrogens is 360 g/mol. The Kier molecular flexibility index (Phi) is 7.06. The lowest BCUT2D eigenvalue weighted by Crippen LogP contribution is -2.20. The van der Waals surface area contributed by atoms with Gasteiger partial charge in [0.2, 0.25) is 0 Å². The maximum absolute atomic E-state index is 12.7. The number of phenolic OH excluding ortho intramolecular Hbond substituents is 1. The summed E-state index contributed by atoms with van der Waals surface area (Å²) in [6.07, 6.45) is 4.01. The van der Waals surface area contributed by atoms with Gasteiger partial charge in [0.15, 0.2) is 5.78 Å². The number of benzene rings is 1. The zero-order valence-electron chi connectivity index (χ0n) is 14.8. The normalized spacial score (nSPS) is 23.5. The predicted molar refractivity (Wildman–Crippen MR) is 96.9 cm³/mol. The quantitative estimate of drug-likeness (QED) is 0.724. The molecule has 0 spiro atoms. The minimum Gasteiger partial charge on any atom is -0.506 e. The van der Waals surface area contributed by atoms with Gasteiger partial charge in [-0.25, -0.2) is 4.79 Å².